The van der Waals surface area contributed by atoms with Crippen LogP contribution in [-0.2, 0) is 4.79 Å². The Morgan fingerprint density at radius 1 is 1.43 bits per heavy atom. The summed E-state index contributed by atoms with van der Waals surface area (Å²) in [6.07, 6.45) is 0. The quantitative estimate of drug-likeness (QED) is 0.477. The minimum atomic E-state index is -0.502. The molecule has 1 aromatic heterocycles. The highest BCUT2D eigenvalue weighted by atomic mass is 35.5. The van der Waals surface area contributed by atoms with Crippen LogP contribution in [0.3, 0.4) is 0 Å². The summed E-state index contributed by atoms with van der Waals surface area (Å²) < 4.78 is 1.11. The molecule has 0 atom stereocenters. The van der Waals surface area contributed by atoms with Crippen molar-refractivity contribution < 1.29 is 9.72 Å². The first-order valence-corrected chi connectivity index (χ1v) is 8.32. The van der Waals surface area contributed by atoms with E-state index in [0.29, 0.717) is 18.6 Å². The van der Waals surface area contributed by atoms with Crippen molar-refractivity contribution in [3.63, 3.8) is 0 Å². The molecule has 110 valence electrons. The number of nitrogens with two attached hydrogens (primary N) is 1. The van der Waals surface area contributed by atoms with Gasteiger partial charge in [-0.15, -0.1) is 10.2 Å². The van der Waals surface area contributed by atoms with Gasteiger partial charge in [0.05, 0.1) is 15.6 Å². The van der Waals surface area contributed by atoms with Crippen LogP contribution in [0.5, 0.6) is 0 Å². The van der Waals surface area contributed by atoms with Crippen molar-refractivity contribution in [2.75, 3.05) is 5.75 Å². The largest absolute Gasteiger partial charge is 0.369 e. The molecule has 1 heterocycles. The molecule has 0 spiro atoms. The van der Waals surface area contributed by atoms with Gasteiger partial charge in [-0.05, 0) is 12.1 Å². The second-order valence-corrected chi connectivity index (χ2v) is 7.49. The molecule has 21 heavy (non-hydrogen) atoms. The molecule has 0 unspecified atom stereocenters. The summed E-state index contributed by atoms with van der Waals surface area (Å²) in [7, 11) is 0. The van der Waals surface area contributed by atoms with Crippen molar-refractivity contribution in [2.24, 2.45) is 5.73 Å². The molecule has 1 amide bonds. The highest BCUT2D eigenvalue weighted by Gasteiger charge is 2.17. The number of nitro groups is 1. The molecule has 0 saturated carbocycles. The van der Waals surface area contributed by atoms with E-state index in [0.717, 1.165) is 11.8 Å². The molecule has 2 aromatic rings. The fourth-order valence-electron chi connectivity index (χ4n) is 1.24. The molecule has 0 aliphatic carbocycles. The normalized spacial score (nSPS) is 10.5. The zero-order valence-corrected chi connectivity index (χ0v) is 13.4. The number of thioether (sulfide) groups is 1. The van der Waals surface area contributed by atoms with Crippen molar-refractivity contribution in [1.82, 2.24) is 10.2 Å². The Bertz CT molecular complexity index is 694. The van der Waals surface area contributed by atoms with Crippen molar-refractivity contribution in [2.45, 2.75) is 13.6 Å². The lowest BCUT2D eigenvalue weighted by Gasteiger charge is -2.00. The number of aromatic nitrogens is 2. The minimum absolute atomic E-state index is 0.0889. The van der Waals surface area contributed by atoms with E-state index in [1.54, 1.807) is 12.1 Å². The monoisotopic (exact) mass is 362 g/mol. The van der Waals surface area contributed by atoms with Gasteiger partial charge in [0.15, 0.2) is 8.68 Å². The fraction of sp³-hybridized carbons (Fsp3) is 0.100. The molecule has 0 saturated heterocycles. The van der Waals surface area contributed by atoms with Crippen LogP contribution in [-0.4, -0.2) is 26.8 Å². The van der Waals surface area contributed by atoms with Gasteiger partial charge in [0.25, 0.3) is 5.69 Å². The summed E-state index contributed by atoms with van der Waals surface area (Å²) >= 11 is 9.28. The van der Waals surface area contributed by atoms with Crippen LogP contribution in [0.15, 0.2) is 31.8 Å². The molecule has 7 nitrogen and oxygen atoms in total. The topological polar surface area (TPSA) is 112 Å². The molecule has 0 fully saturated rings. The Hall–Kier alpha value is -1.36. The van der Waals surface area contributed by atoms with E-state index >= 15 is 0 Å². The van der Waals surface area contributed by atoms with E-state index in [1.165, 1.54) is 29.2 Å². The van der Waals surface area contributed by atoms with Crippen LogP contribution in [0.4, 0.5) is 5.69 Å². The third-order valence-corrected chi connectivity index (χ3v) is 5.47. The molecular weight excluding hydrogens is 356 g/mol. The van der Waals surface area contributed by atoms with Crippen LogP contribution >= 0.6 is 46.5 Å². The first-order valence-electron chi connectivity index (χ1n) is 5.32. The maximum absolute atomic E-state index is 11.0. The van der Waals surface area contributed by atoms with Gasteiger partial charge in [0.1, 0.15) is 0 Å². The lowest BCUT2D eigenvalue weighted by Crippen LogP contribution is -2.12. The van der Waals surface area contributed by atoms with Gasteiger partial charge in [0.2, 0.25) is 5.91 Å². The smallest absolute Gasteiger partial charge is 0.284 e. The average Bonchev–Trinajstić information content (AvgIpc) is 2.86. The van der Waals surface area contributed by atoms with Crippen molar-refractivity contribution >= 4 is 58.1 Å². The van der Waals surface area contributed by atoms with Gasteiger partial charge < -0.3 is 5.73 Å². The fourth-order valence-corrected chi connectivity index (χ4v) is 4.21. The number of benzene rings is 1. The van der Waals surface area contributed by atoms with Crippen LogP contribution < -0.4 is 5.73 Å². The van der Waals surface area contributed by atoms with Gasteiger partial charge in [0, 0.05) is 11.1 Å². The van der Waals surface area contributed by atoms with Crippen LogP contribution in [0.25, 0.3) is 0 Å². The lowest BCUT2D eigenvalue weighted by molar-refractivity contribution is -0.387. The Kier molecular flexibility index (Phi) is 5.39. The van der Waals surface area contributed by atoms with E-state index in [4.69, 9.17) is 17.3 Å². The third-order valence-electron chi connectivity index (χ3n) is 2.04. The number of halogens is 1. The number of amides is 1. The molecule has 1 aromatic carbocycles. The zero-order chi connectivity index (χ0) is 15.4. The maximum atomic E-state index is 11.0. The number of nitrogens with zero attached hydrogens (tertiary/aromatic N) is 3. The number of nitro benzene ring substituents is 1. The van der Waals surface area contributed by atoms with Gasteiger partial charge in [-0.25, -0.2) is 0 Å². The van der Waals surface area contributed by atoms with E-state index in [-0.39, 0.29) is 11.4 Å². The van der Waals surface area contributed by atoms with Crippen molar-refractivity contribution in [3.8, 4) is 0 Å². The Morgan fingerprint density at radius 3 is 2.81 bits per heavy atom. The molecule has 0 aliphatic rings. The number of carbonyl (C=O) groups excluding carboxylic acids is 1. The minimum Gasteiger partial charge on any atom is -0.369 e. The first kappa shape index (κ1) is 16.0. The van der Waals surface area contributed by atoms with Crippen LogP contribution in [0.1, 0.15) is 0 Å². The van der Waals surface area contributed by atoms with Gasteiger partial charge in [-0.1, -0.05) is 46.5 Å². The average molecular weight is 363 g/mol. The number of hydrogen-bond acceptors (Lipinski definition) is 8. The van der Waals surface area contributed by atoms with E-state index in [2.05, 4.69) is 10.2 Å². The Labute approximate surface area is 136 Å². The molecule has 2 rings (SSSR count). The molecule has 0 aliphatic heterocycles. The lowest BCUT2D eigenvalue weighted by atomic mass is 10.3. The Morgan fingerprint density at radius 2 is 2.14 bits per heavy atom. The van der Waals surface area contributed by atoms with Gasteiger partial charge >= 0.3 is 0 Å². The van der Waals surface area contributed by atoms with Gasteiger partial charge in [-0.3, -0.25) is 14.9 Å². The van der Waals surface area contributed by atoms with Crippen LogP contribution in [0.2, 0.25) is 5.02 Å². The number of primary amides is 1. The maximum Gasteiger partial charge on any atom is 0.284 e. The summed E-state index contributed by atoms with van der Waals surface area (Å²) in [5.41, 5.74) is 4.95. The zero-order valence-electron chi connectivity index (χ0n) is 10.2. The molecular formula is C10H7ClN4O3S3. The highest BCUT2D eigenvalue weighted by molar-refractivity contribution is 8.03. The molecule has 0 bridgehead atoms. The molecule has 11 heteroatoms. The predicted octanol–water partition coefficient (Wildman–Crippen LogP) is 2.83. The van der Waals surface area contributed by atoms with Gasteiger partial charge in [-0.2, -0.15) is 0 Å². The predicted molar refractivity (Wildman–Crippen MR) is 82.1 cm³/mol. The SMILES string of the molecule is NC(=O)CSc1nnc(Sc2ccc(Cl)cc2[N+](=O)[O-])s1. The van der Waals surface area contributed by atoms with E-state index in [1.807, 2.05) is 0 Å². The van der Waals surface area contributed by atoms with E-state index < -0.39 is 10.8 Å². The summed E-state index contributed by atoms with van der Waals surface area (Å²) in [4.78, 5) is 21.6. The summed E-state index contributed by atoms with van der Waals surface area (Å²) in [6.45, 7) is 0. The Balaban J connectivity index is 2.15. The summed E-state index contributed by atoms with van der Waals surface area (Å²) in [6, 6.07) is 4.41. The first-order chi connectivity index (χ1) is 9.95. The second-order valence-electron chi connectivity index (χ2n) is 3.56. The second kappa shape index (κ2) is 7.07. The van der Waals surface area contributed by atoms with Crippen molar-refractivity contribution in [3.05, 3.63) is 33.3 Å². The number of carbonyl (C=O) groups is 1. The number of hydrogen-bond donors (Lipinski definition) is 1. The molecule has 2 N–H and O–H groups in total. The van der Waals surface area contributed by atoms with E-state index in [9.17, 15) is 14.9 Å². The summed E-state index contributed by atoms with van der Waals surface area (Å²) in [5.74, 6) is -0.335. The van der Waals surface area contributed by atoms with Crippen molar-refractivity contribution in [1.29, 1.82) is 0 Å². The number of rotatable bonds is 6. The molecule has 0 radical (unpaired) electrons. The standard InChI is InChI=1S/C10H7ClN4O3S3/c11-5-1-2-7(6(3-5)15(17)18)20-10-14-13-9(21-10)19-4-8(12)16/h1-3H,4H2,(H2,12,16). The van der Waals surface area contributed by atoms with Crippen LogP contribution in [0, 0.1) is 10.1 Å². The summed E-state index contributed by atoms with van der Waals surface area (Å²) in [5, 5.41) is 19.1. The third kappa shape index (κ3) is 4.56. The highest BCUT2D eigenvalue weighted by Crippen LogP contribution is 2.38.